The lowest BCUT2D eigenvalue weighted by Gasteiger charge is -2.46. The average Bonchev–Trinajstić information content (AvgIpc) is 3.18. The predicted octanol–water partition coefficient (Wildman–Crippen LogP) is 1.64. The minimum absolute atomic E-state index is 0.0117. The van der Waals surface area contributed by atoms with E-state index >= 15 is 0 Å². The van der Waals surface area contributed by atoms with E-state index in [9.17, 15) is 9.59 Å². The predicted molar refractivity (Wildman–Crippen MR) is 78.0 cm³/mol. The summed E-state index contributed by atoms with van der Waals surface area (Å²) in [5.41, 5.74) is -0.672. The second-order valence-corrected chi connectivity index (χ2v) is 7.18. The first-order chi connectivity index (χ1) is 8.91. The summed E-state index contributed by atoms with van der Waals surface area (Å²) < 4.78 is 0. The normalized spacial score (nSPS) is 33.3. The van der Waals surface area contributed by atoms with E-state index in [1.165, 1.54) is 0 Å². The van der Waals surface area contributed by atoms with Crippen LogP contribution < -0.4 is 5.32 Å². The molecule has 3 atom stereocenters. The van der Waals surface area contributed by atoms with Crippen LogP contribution in [0.4, 0.5) is 0 Å². The fourth-order valence-corrected chi connectivity index (χ4v) is 3.61. The summed E-state index contributed by atoms with van der Waals surface area (Å²) in [6, 6.07) is -0.247. The van der Waals surface area contributed by atoms with Crippen molar-refractivity contribution in [3.05, 3.63) is 0 Å². The molecule has 0 aromatic rings. The molecule has 2 amide bonds. The Morgan fingerprint density at radius 3 is 2.63 bits per heavy atom. The van der Waals surface area contributed by atoms with Gasteiger partial charge in [0.05, 0.1) is 0 Å². The summed E-state index contributed by atoms with van der Waals surface area (Å²) >= 11 is 1.81. The Labute approximate surface area is 119 Å². The van der Waals surface area contributed by atoms with Gasteiger partial charge in [0, 0.05) is 11.8 Å². The molecule has 5 heteroatoms. The zero-order chi connectivity index (χ0) is 14.2. The van der Waals surface area contributed by atoms with E-state index in [-0.39, 0.29) is 23.9 Å². The number of thioether (sulfide) groups is 1. The van der Waals surface area contributed by atoms with Gasteiger partial charge in [-0.05, 0) is 45.3 Å². The SMILES string of the molecule is CCSCC(C)N1C(=O)C(C)(C2CC2)NC(=O)C1C. The molecule has 1 heterocycles. The molecule has 0 spiro atoms. The van der Waals surface area contributed by atoms with E-state index in [0.29, 0.717) is 5.92 Å². The number of hydrogen-bond donors (Lipinski definition) is 1. The second-order valence-electron chi connectivity index (χ2n) is 5.86. The van der Waals surface area contributed by atoms with Crippen LogP contribution >= 0.6 is 11.8 Å². The molecule has 19 heavy (non-hydrogen) atoms. The van der Waals surface area contributed by atoms with Gasteiger partial charge < -0.3 is 10.2 Å². The van der Waals surface area contributed by atoms with Crippen molar-refractivity contribution in [3.8, 4) is 0 Å². The van der Waals surface area contributed by atoms with Crippen LogP contribution in [0.15, 0.2) is 0 Å². The molecule has 108 valence electrons. The molecule has 4 nitrogen and oxygen atoms in total. The van der Waals surface area contributed by atoms with Crippen molar-refractivity contribution in [3.63, 3.8) is 0 Å². The molecule has 1 aliphatic carbocycles. The Hall–Kier alpha value is -0.710. The minimum Gasteiger partial charge on any atom is -0.340 e. The third-order valence-electron chi connectivity index (χ3n) is 4.29. The Morgan fingerprint density at radius 2 is 2.11 bits per heavy atom. The maximum Gasteiger partial charge on any atom is 0.249 e. The van der Waals surface area contributed by atoms with Crippen molar-refractivity contribution in [2.45, 2.75) is 58.2 Å². The van der Waals surface area contributed by atoms with Crippen molar-refractivity contribution >= 4 is 23.6 Å². The smallest absolute Gasteiger partial charge is 0.249 e. The summed E-state index contributed by atoms with van der Waals surface area (Å²) in [5.74, 6) is 2.34. The van der Waals surface area contributed by atoms with Gasteiger partial charge in [-0.2, -0.15) is 11.8 Å². The number of nitrogens with zero attached hydrogens (tertiary/aromatic N) is 1. The van der Waals surface area contributed by atoms with Gasteiger partial charge in [-0.1, -0.05) is 6.92 Å². The van der Waals surface area contributed by atoms with Crippen LogP contribution in [0.25, 0.3) is 0 Å². The van der Waals surface area contributed by atoms with E-state index in [1.54, 1.807) is 4.90 Å². The second kappa shape index (κ2) is 5.35. The molecule has 1 aliphatic heterocycles. The monoisotopic (exact) mass is 284 g/mol. The van der Waals surface area contributed by atoms with Crippen molar-refractivity contribution in [1.29, 1.82) is 0 Å². The molecule has 1 saturated heterocycles. The van der Waals surface area contributed by atoms with Gasteiger partial charge >= 0.3 is 0 Å². The van der Waals surface area contributed by atoms with E-state index < -0.39 is 5.54 Å². The summed E-state index contributed by atoms with van der Waals surface area (Å²) in [6.07, 6.45) is 2.09. The molecule has 0 radical (unpaired) electrons. The molecule has 0 aromatic heterocycles. The van der Waals surface area contributed by atoms with E-state index in [1.807, 2.05) is 32.5 Å². The molecular formula is C14H24N2O2S. The van der Waals surface area contributed by atoms with Crippen LogP contribution in [0.2, 0.25) is 0 Å². The molecular weight excluding hydrogens is 260 g/mol. The molecule has 2 aliphatic rings. The zero-order valence-corrected chi connectivity index (χ0v) is 13.0. The highest BCUT2D eigenvalue weighted by Crippen LogP contribution is 2.42. The highest BCUT2D eigenvalue weighted by atomic mass is 32.2. The quantitative estimate of drug-likeness (QED) is 0.835. The van der Waals surface area contributed by atoms with Gasteiger partial charge in [0.2, 0.25) is 11.8 Å². The van der Waals surface area contributed by atoms with Crippen LogP contribution in [-0.2, 0) is 9.59 Å². The standard InChI is InChI=1S/C14H24N2O2S/c1-5-19-8-9(2)16-10(3)12(17)15-14(4,13(16)18)11-6-7-11/h9-11H,5-8H2,1-4H3,(H,15,17). The third-order valence-corrected chi connectivity index (χ3v) is 5.42. The summed E-state index contributed by atoms with van der Waals surface area (Å²) in [4.78, 5) is 26.8. The van der Waals surface area contributed by atoms with E-state index in [2.05, 4.69) is 12.2 Å². The van der Waals surface area contributed by atoms with Crippen LogP contribution in [0.5, 0.6) is 0 Å². The lowest BCUT2D eigenvalue weighted by atomic mass is 9.89. The number of rotatable bonds is 5. The third kappa shape index (κ3) is 2.62. The summed E-state index contributed by atoms with van der Waals surface area (Å²) in [6.45, 7) is 7.87. The first-order valence-corrected chi connectivity index (χ1v) is 8.29. The molecule has 0 aromatic carbocycles. The number of hydrogen-bond acceptors (Lipinski definition) is 3. The molecule has 0 bridgehead atoms. The molecule has 3 unspecified atom stereocenters. The van der Waals surface area contributed by atoms with Gasteiger partial charge in [-0.15, -0.1) is 0 Å². The molecule has 1 saturated carbocycles. The van der Waals surface area contributed by atoms with Gasteiger partial charge in [-0.25, -0.2) is 0 Å². The van der Waals surface area contributed by atoms with Crippen molar-refractivity contribution in [2.75, 3.05) is 11.5 Å². The molecule has 2 fully saturated rings. The number of piperazine rings is 1. The van der Waals surface area contributed by atoms with E-state index in [4.69, 9.17) is 0 Å². The number of amides is 2. The summed E-state index contributed by atoms with van der Waals surface area (Å²) in [7, 11) is 0. The van der Waals surface area contributed by atoms with Crippen LogP contribution in [-0.4, -0.2) is 45.8 Å². The highest BCUT2D eigenvalue weighted by molar-refractivity contribution is 7.99. The minimum atomic E-state index is -0.672. The number of carbonyl (C=O) groups is 2. The average molecular weight is 284 g/mol. The van der Waals surface area contributed by atoms with Crippen LogP contribution in [0, 0.1) is 5.92 Å². The van der Waals surface area contributed by atoms with Crippen molar-refractivity contribution in [1.82, 2.24) is 10.2 Å². The van der Waals surface area contributed by atoms with Gasteiger partial charge in [0.25, 0.3) is 0 Å². The van der Waals surface area contributed by atoms with Crippen LogP contribution in [0.3, 0.4) is 0 Å². The first kappa shape index (κ1) is 14.7. The maximum atomic E-state index is 12.8. The lowest BCUT2D eigenvalue weighted by Crippen LogP contribution is -2.71. The van der Waals surface area contributed by atoms with Crippen molar-refractivity contribution < 1.29 is 9.59 Å². The van der Waals surface area contributed by atoms with Crippen LogP contribution in [0.1, 0.15) is 40.5 Å². The number of carbonyl (C=O) groups excluding carboxylic acids is 2. The first-order valence-electron chi connectivity index (χ1n) is 7.14. The Morgan fingerprint density at radius 1 is 1.47 bits per heavy atom. The fourth-order valence-electron chi connectivity index (χ4n) is 2.87. The maximum absolute atomic E-state index is 12.8. The van der Waals surface area contributed by atoms with Gasteiger partial charge in [0.1, 0.15) is 11.6 Å². The van der Waals surface area contributed by atoms with Gasteiger partial charge in [-0.3, -0.25) is 9.59 Å². The Bertz CT molecular complexity index is 384. The lowest BCUT2D eigenvalue weighted by molar-refractivity contribution is -0.156. The Kier molecular flexibility index (Phi) is 4.14. The highest BCUT2D eigenvalue weighted by Gasteiger charge is 2.55. The number of nitrogens with one attached hydrogen (secondary N) is 1. The Balaban J connectivity index is 2.18. The molecule has 2 rings (SSSR count). The zero-order valence-electron chi connectivity index (χ0n) is 12.2. The molecule has 1 N–H and O–H groups in total. The van der Waals surface area contributed by atoms with Gasteiger partial charge in [0.15, 0.2) is 0 Å². The van der Waals surface area contributed by atoms with E-state index in [0.717, 1.165) is 24.3 Å². The van der Waals surface area contributed by atoms with Crippen molar-refractivity contribution in [2.24, 2.45) is 5.92 Å². The largest absolute Gasteiger partial charge is 0.340 e. The topological polar surface area (TPSA) is 49.4 Å². The summed E-state index contributed by atoms with van der Waals surface area (Å²) in [5, 5.41) is 2.96. The fraction of sp³-hybridized carbons (Fsp3) is 0.857.